The first-order valence-electron chi connectivity index (χ1n) is 6.20. The molecule has 0 fully saturated rings. The zero-order valence-corrected chi connectivity index (χ0v) is 11.6. The van der Waals surface area contributed by atoms with Gasteiger partial charge >= 0.3 is 5.97 Å². The van der Waals surface area contributed by atoms with Crippen LogP contribution < -0.4 is 0 Å². The first-order valence-corrected chi connectivity index (χ1v) is 6.20. The Morgan fingerprint density at radius 3 is 2.05 bits per heavy atom. The summed E-state index contributed by atoms with van der Waals surface area (Å²) in [5.41, 5.74) is 2.52. The molecule has 2 rings (SSSR count). The fraction of sp³-hybridized carbons (Fsp3) is 0.0556. The van der Waals surface area contributed by atoms with E-state index in [1.807, 2.05) is 48.5 Å². The van der Waals surface area contributed by atoms with Crippen LogP contribution in [0.4, 0.5) is 0 Å². The average molecular weight is 266 g/mol. The second kappa shape index (κ2) is 8.48. The van der Waals surface area contributed by atoms with Crippen molar-refractivity contribution in [2.45, 2.75) is 0 Å². The maximum Gasteiger partial charge on any atom is 0.338 e. The molecule has 0 aromatic heterocycles. The van der Waals surface area contributed by atoms with Gasteiger partial charge in [-0.1, -0.05) is 73.8 Å². The Kier molecular flexibility index (Phi) is 6.55. The van der Waals surface area contributed by atoms with Crippen molar-refractivity contribution in [3.63, 3.8) is 0 Å². The first-order chi connectivity index (χ1) is 9.72. The largest absolute Gasteiger partial charge is 0.465 e. The van der Waals surface area contributed by atoms with Gasteiger partial charge in [-0.2, -0.15) is 0 Å². The number of methoxy groups -OCH3 is 1. The number of carbonyl (C=O) groups excluding carboxylic acids is 1. The molecule has 0 aliphatic heterocycles. The Morgan fingerprint density at radius 2 is 1.55 bits per heavy atom. The lowest BCUT2D eigenvalue weighted by atomic mass is 10.1. The van der Waals surface area contributed by atoms with Gasteiger partial charge in [0, 0.05) is 0 Å². The normalized spacial score (nSPS) is 8.85. The zero-order valence-electron chi connectivity index (χ0n) is 11.6. The molecular formula is C18H18O2. The van der Waals surface area contributed by atoms with Gasteiger partial charge in [-0.15, -0.1) is 0 Å². The number of ether oxygens (including phenoxy) is 1. The summed E-state index contributed by atoms with van der Waals surface area (Å²) in [7, 11) is 1.36. The summed E-state index contributed by atoms with van der Waals surface area (Å²) in [6, 6.07) is 17.2. The summed E-state index contributed by atoms with van der Waals surface area (Å²) >= 11 is 0. The standard InChI is InChI=1S/C10H10O2.C8H8/c1-3-8-6-4-5-7-9(8)10(11)12-2;1-2-8-6-4-3-5-7-8/h3-7H,1H2,2H3;2-7H,1H2. The highest BCUT2D eigenvalue weighted by Gasteiger charge is 2.07. The van der Waals surface area contributed by atoms with Gasteiger partial charge in [-0.25, -0.2) is 4.79 Å². The van der Waals surface area contributed by atoms with Crippen LogP contribution in [0.25, 0.3) is 12.2 Å². The van der Waals surface area contributed by atoms with Crippen LogP contribution in [-0.4, -0.2) is 13.1 Å². The van der Waals surface area contributed by atoms with E-state index < -0.39 is 0 Å². The Labute approximate surface area is 120 Å². The maximum absolute atomic E-state index is 11.1. The van der Waals surface area contributed by atoms with E-state index in [1.165, 1.54) is 12.7 Å². The molecule has 2 aromatic rings. The van der Waals surface area contributed by atoms with Gasteiger partial charge in [-0.3, -0.25) is 0 Å². The second-order valence-electron chi connectivity index (χ2n) is 3.90. The third-order valence-electron chi connectivity index (χ3n) is 2.62. The summed E-state index contributed by atoms with van der Waals surface area (Å²) in [5, 5.41) is 0. The van der Waals surface area contributed by atoms with Crippen LogP contribution in [0.5, 0.6) is 0 Å². The fourth-order valence-corrected chi connectivity index (χ4v) is 1.56. The van der Waals surface area contributed by atoms with Crippen LogP contribution in [-0.2, 0) is 4.74 Å². The smallest absolute Gasteiger partial charge is 0.338 e. The average Bonchev–Trinajstić information content (AvgIpc) is 2.55. The minimum atomic E-state index is -0.328. The predicted octanol–water partition coefficient (Wildman–Crippen LogP) is 4.45. The van der Waals surface area contributed by atoms with E-state index in [0.29, 0.717) is 5.56 Å². The molecule has 0 saturated carbocycles. The molecular weight excluding hydrogens is 248 g/mol. The van der Waals surface area contributed by atoms with Gasteiger partial charge in [0.05, 0.1) is 12.7 Å². The first kappa shape index (κ1) is 15.4. The highest BCUT2D eigenvalue weighted by Crippen LogP contribution is 2.10. The third-order valence-corrected chi connectivity index (χ3v) is 2.62. The van der Waals surface area contributed by atoms with Gasteiger partial charge in [0.15, 0.2) is 0 Å². The van der Waals surface area contributed by atoms with Gasteiger partial charge in [0.1, 0.15) is 0 Å². The van der Waals surface area contributed by atoms with Crippen LogP contribution in [0.1, 0.15) is 21.5 Å². The van der Waals surface area contributed by atoms with Crippen molar-refractivity contribution >= 4 is 18.1 Å². The van der Waals surface area contributed by atoms with Crippen molar-refractivity contribution in [3.05, 3.63) is 84.4 Å². The molecule has 0 radical (unpaired) electrons. The van der Waals surface area contributed by atoms with Crippen molar-refractivity contribution in [2.24, 2.45) is 0 Å². The van der Waals surface area contributed by atoms with E-state index in [0.717, 1.165) is 5.56 Å². The number of benzene rings is 2. The van der Waals surface area contributed by atoms with E-state index in [9.17, 15) is 4.79 Å². The molecule has 0 saturated heterocycles. The van der Waals surface area contributed by atoms with Crippen molar-refractivity contribution in [1.82, 2.24) is 0 Å². The van der Waals surface area contributed by atoms with E-state index in [2.05, 4.69) is 17.9 Å². The lowest BCUT2D eigenvalue weighted by molar-refractivity contribution is 0.0600. The summed E-state index contributed by atoms with van der Waals surface area (Å²) in [5.74, 6) is -0.328. The predicted molar refractivity (Wildman–Crippen MR) is 84.4 cm³/mol. The van der Waals surface area contributed by atoms with Crippen LogP contribution in [0.2, 0.25) is 0 Å². The Bertz CT molecular complexity index is 571. The van der Waals surface area contributed by atoms with Crippen molar-refractivity contribution < 1.29 is 9.53 Å². The van der Waals surface area contributed by atoms with Gasteiger partial charge in [-0.05, 0) is 17.2 Å². The number of rotatable bonds is 3. The number of carbonyl (C=O) groups is 1. The lowest BCUT2D eigenvalue weighted by Crippen LogP contribution is -2.02. The number of hydrogen-bond donors (Lipinski definition) is 0. The molecule has 0 heterocycles. The molecule has 0 aliphatic carbocycles. The summed E-state index contributed by atoms with van der Waals surface area (Å²) in [6.07, 6.45) is 3.46. The fourth-order valence-electron chi connectivity index (χ4n) is 1.56. The highest BCUT2D eigenvalue weighted by molar-refractivity contribution is 5.93. The molecule has 102 valence electrons. The highest BCUT2D eigenvalue weighted by atomic mass is 16.5. The Hall–Kier alpha value is -2.61. The SMILES string of the molecule is C=Cc1ccccc1.C=Cc1ccccc1C(=O)OC. The minimum Gasteiger partial charge on any atom is -0.465 e. The minimum absolute atomic E-state index is 0.328. The molecule has 0 unspecified atom stereocenters. The Balaban J connectivity index is 0.000000217. The van der Waals surface area contributed by atoms with Crippen LogP contribution in [0, 0.1) is 0 Å². The number of hydrogen-bond acceptors (Lipinski definition) is 2. The van der Waals surface area contributed by atoms with E-state index in [-0.39, 0.29) is 5.97 Å². The molecule has 0 aliphatic rings. The van der Waals surface area contributed by atoms with Crippen molar-refractivity contribution in [2.75, 3.05) is 7.11 Å². The maximum atomic E-state index is 11.1. The Morgan fingerprint density at radius 1 is 0.950 bits per heavy atom. The molecule has 0 amide bonds. The number of esters is 1. The van der Waals surface area contributed by atoms with Crippen LogP contribution in [0.15, 0.2) is 67.8 Å². The van der Waals surface area contributed by atoms with E-state index in [4.69, 9.17) is 0 Å². The van der Waals surface area contributed by atoms with E-state index >= 15 is 0 Å². The van der Waals surface area contributed by atoms with Crippen LogP contribution >= 0.6 is 0 Å². The molecule has 0 N–H and O–H groups in total. The molecule has 0 atom stereocenters. The molecule has 20 heavy (non-hydrogen) atoms. The monoisotopic (exact) mass is 266 g/mol. The second-order valence-corrected chi connectivity index (χ2v) is 3.90. The summed E-state index contributed by atoms with van der Waals surface area (Å²) in [6.45, 7) is 7.23. The lowest BCUT2D eigenvalue weighted by Gasteiger charge is -2.01. The quantitative estimate of drug-likeness (QED) is 0.767. The van der Waals surface area contributed by atoms with Crippen LogP contribution in [0.3, 0.4) is 0 Å². The van der Waals surface area contributed by atoms with Crippen molar-refractivity contribution in [3.8, 4) is 0 Å². The molecule has 2 heteroatoms. The molecule has 0 bridgehead atoms. The zero-order chi connectivity index (χ0) is 14.8. The summed E-state index contributed by atoms with van der Waals surface area (Å²) in [4.78, 5) is 11.1. The van der Waals surface area contributed by atoms with Gasteiger partial charge in [0.25, 0.3) is 0 Å². The molecule has 2 aromatic carbocycles. The van der Waals surface area contributed by atoms with Crippen molar-refractivity contribution in [1.29, 1.82) is 0 Å². The van der Waals surface area contributed by atoms with E-state index in [1.54, 1.807) is 18.2 Å². The molecule has 0 spiro atoms. The summed E-state index contributed by atoms with van der Waals surface area (Å²) < 4.78 is 4.59. The molecule has 2 nitrogen and oxygen atoms in total. The van der Waals surface area contributed by atoms with Gasteiger partial charge in [0.2, 0.25) is 0 Å². The van der Waals surface area contributed by atoms with Gasteiger partial charge < -0.3 is 4.74 Å². The topological polar surface area (TPSA) is 26.3 Å². The third kappa shape index (κ3) is 4.58.